The summed E-state index contributed by atoms with van der Waals surface area (Å²) in [6.07, 6.45) is 2.23. The Labute approximate surface area is 175 Å². The second-order valence-electron chi connectivity index (χ2n) is 8.03. The molecule has 1 aliphatic rings. The topological polar surface area (TPSA) is 88.8 Å². The molecular weight excluding hydrogens is 393 g/mol. The van der Waals surface area contributed by atoms with E-state index in [0.29, 0.717) is 29.4 Å². The highest BCUT2D eigenvalue weighted by Crippen LogP contribution is 2.38. The molecule has 30 heavy (non-hydrogen) atoms. The van der Waals surface area contributed by atoms with Gasteiger partial charge in [0, 0.05) is 11.5 Å². The van der Waals surface area contributed by atoms with Gasteiger partial charge < -0.3 is 10.3 Å². The van der Waals surface area contributed by atoms with Crippen LogP contribution >= 0.6 is 0 Å². The first kappa shape index (κ1) is 23.9. The molecule has 1 aromatic carbocycles. The van der Waals surface area contributed by atoms with E-state index >= 15 is 0 Å². The summed E-state index contributed by atoms with van der Waals surface area (Å²) in [4.78, 5) is 4.33. The van der Waals surface area contributed by atoms with Crippen LogP contribution in [0, 0.1) is 11.3 Å². The first-order valence-electron chi connectivity index (χ1n) is 10.5. The molecule has 0 aliphatic heterocycles. The van der Waals surface area contributed by atoms with Crippen molar-refractivity contribution in [2.24, 2.45) is 11.7 Å². The van der Waals surface area contributed by atoms with Crippen molar-refractivity contribution in [1.29, 1.82) is 5.41 Å². The van der Waals surface area contributed by atoms with Gasteiger partial charge in [0.1, 0.15) is 0 Å². The van der Waals surface area contributed by atoms with Gasteiger partial charge in [-0.3, -0.25) is 5.41 Å². The Kier molecular flexibility index (Phi) is 8.43. The maximum atomic E-state index is 13.5. The van der Waals surface area contributed by atoms with Gasteiger partial charge in [-0.25, -0.2) is 0 Å². The monoisotopic (exact) mass is 424 g/mol. The van der Waals surface area contributed by atoms with Gasteiger partial charge in [0.05, 0.1) is 11.4 Å². The summed E-state index contributed by atoms with van der Waals surface area (Å²) in [5.41, 5.74) is 4.82. The van der Waals surface area contributed by atoms with E-state index in [1.54, 1.807) is 12.1 Å². The maximum Gasteiger partial charge on any atom is 0.416 e. The molecule has 5 nitrogen and oxygen atoms in total. The van der Waals surface area contributed by atoms with Crippen molar-refractivity contribution in [3.8, 4) is 11.4 Å². The van der Waals surface area contributed by atoms with Crippen LogP contribution in [0.5, 0.6) is 0 Å². The number of unbranched alkanes of at least 4 members (excludes halogenated alkanes) is 1. The molecule has 1 fully saturated rings. The molecule has 1 heterocycles. The van der Waals surface area contributed by atoms with Crippen LogP contribution in [0.2, 0.25) is 0 Å². The minimum atomic E-state index is -4.38. The average molecular weight is 425 g/mol. The van der Waals surface area contributed by atoms with E-state index < -0.39 is 11.7 Å². The number of hydrogen-bond acceptors (Lipinski definition) is 4. The van der Waals surface area contributed by atoms with E-state index in [-0.39, 0.29) is 17.6 Å². The van der Waals surface area contributed by atoms with Crippen molar-refractivity contribution in [3.63, 3.8) is 0 Å². The van der Waals surface area contributed by atoms with Gasteiger partial charge in [0.15, 0.2) is 0 Å². The number of amidine groups is 1. The molecule has 3 rings (SSSR count). The van der Waals surface area contributed by atoms with Crippen LogP contribution in [0.4, 0.5) is 13.2 Å². The first-order valence-corrected chi connectivity index (χ1v) is 10.5. The van der Waals surface area contributed by atoms with E-state index in [1.807, 2.05) is 6.92 Å². The fourth-order valence-electron chi connectivity index (χ4n) is 3.15. The largest absolute Gasteiger partial charge is 0.416 e. The minimum absolute atomic E-state index is 0.108. The Hall–Kier alpha value is -2.38. The SMILES string of the molecule is CC(=N)N.CCCC[C@H](C)c1nc(-c2ccc(CCC3CC3)c(C(F)(F)F)c2)no1. The van der Waals surface area contributed by atoms with E-state index in [9.17, 15) is 13.2 Å². The molecule has 1 saturated carbocycles. The molecule has 3 N–H and O–H groups in total. The van der Waals surface area contributed by atoms with Crippen molar-refractivity contribution in [3.05, 3.63) is 35.2 Å². The number of nitrogens with two attached hydrogens (primary N) is 1. The molecule has 166 valence electrons. The number of aromatic nitrogens is 2. The van der Waals surface area contributed by atoms with Crippen LogP contribution in [0.15, 0.2) is 22.7 Å². The fraction of sp³-hybridized carbons (Fsp3) is 0.591. The smallest absolute Gasteiger partial charge is 0.388 e. The summed E-state index contributed by atoms with van der Waals surface area (Å²) < 4.78 is 45.8. The highest BCUT2D eigenvalue weighted by Gasteiger charge is 2.34. The van der Waals surface area contributed by atoms with E-state index in [2.05, 4.69) is 17.1 Å². The van der Waals surface area contributed by atoms with Crippen LogP contribution in [-0.4, -0.2) is 16.0 Å². The van der Waals surface area contributed by atoms with Crippen LogP contribution in [-0.2, 0) is 12.6 Å². The van der Waals surface area contributed by atoms with Gasteiger partial charge in [-0.2, -0.15) is 18.2 Å². The molecule has 1 aromatic heterocycles. The fourth-order valence-corrected chi connectivity index (χ4v) is 3.15. The zero-order valence-electron chi connectivity index (χ0n) is 17.9. The highest BCUT2D eigenvalue weighted by molar-refractivity contribution is 5.73. The number of halogens is 3. The molecule has 1 aliphatic carbocycles. The lowest BCUT2D eigenvalue weighted by atomic mass is 9.98. The van der Waals surface area contributed by atoms with Crippen LogP contribution in [0.3, 0.4) is 0 Å². The summed E-state index contributed by atoms with van der Waals surface area (Å²) in [5, 5.41) is 10.2. The van der Waals surface area contributed by atoms with Gasteiger partial charge in [-0.15, -0.1) is 0 Å². The van der Waals surface area contributed by atoms with Gasteiger partial charge in [-0.05, 0) is 43.7 Å². The number of hydrogen-bond donors (Lipinski definition) is 2. The van der Waals surface area contributed by atoms with Crippen molar-refractivity contribution in [1.82, 2.24) is 10.1 Å². The van der Waals surface area contributed by atoms with Crippen LogP contribution in [0.25, 0.3) is 11.4 Å². The molecule has 1 atom stereocenters. The van der Waals surface area contributed by atoms with Crippen molar-refractivity contribution >= 4 is 5.84 Å². The zero-order chi connectivity index (χ0) is 22.3. The molecular formula is C22H31F3N4O. The number of nitrogens with one attached hydrogen (secondary N) is 1. The van der Waals surface area contributed by atoms with Gasteiger partial charge in [0.2, 0.25) is 11.7 Å². The number of benzene rings is 1. The summed E-state index contributed by atoms with van der Waals surface area (Å²) in [6.45, 7) is 5.63. The lowest BCUT2D eigenvalue weighted by Gasteiger charge is -2.13. The number of rotatable bonds is 8. The number of aryl methyl sites for hydroxylation is 1. The lowest BCUT2D eigenvalue weighted by Crippen LogP contribution is -2.10. The van der Waals surface area contributed by atoms with E-state index in [0.717, 1.165) is 44.6 Å². The first-order chi connectivity index (χ1) is 14.1. The third-order valence-corrected chi connectivity index (χ3v) is 5.05. The molecule has 0 bridgehead atoms. The van der Waals surface area contributed by atoms with Crippen molar-refractivity contribution in [2.75, 3.05) is 0 Å². The normalized spacial score (nSPS) is 14.7. The standard InChI is InChI=1S/C20H25F3N2O.C2H6N2/c1-3-4-5-13(2)19-24-18(25-26-19)16-11-10-15(9-8-14-6-7-14)17(12-16)20(21,22)23;1-2(3)4/h10-14H,3-9H2,1-2H3;1H3,(H3,3,4)/t13-;/m0./s1. The number of nitrogens with zero attached hydrogens (tertiary/aromatic N) is 2. The van der Waals surface area contributed by atoms with Crippen LogP contribution < -0.4 is 5.73 Å². The van der Waals surface area contributed by atoms with Crippen molar-refractivity contribution < 1.29 is 17.7 Å². The number of alkyl halides is 3. The molecule has 0 amide bonds. The quantitative estimate of drug-likeness (QED) is 0.382. The Bertz CT molecular complexity index is 824. The predicted molar refractivity (Wildman–Crippen MR) is 111 cm³/mol. The van der Waals surface area contributed by atoms with Crippen LogP contribution in [0.1, 0.15) is 82.2 Å². The second kappa shape index (κ2) is 10.6. The van der Waals surface area contributed by atoms with E-state index in [1.165, 1.54) is 6.92 Å². The lowest BCUT2D eigenvalue weighted by molar-refractivity contribution is -0.138. The van der Waals surface area contributed by atoms with Crippen molar-refractivity contribution in [2.45, 2.75) is 77.8 Å². The Morgan fingerprint density at radius 3 is 2.57 bits per heavy atom. The zero-order valence-corrected chi connectivity index (χ0v) is 17.9. The predicted octanol–water partition coefficient (Wildman–Crippen LogP) is 6.33. The van der Waals surface area contributed by atoms with E-state index in [4.69, 9.17) is 15.7 Å². The molecule has 0 spiro atoms. The summed E-state index contributed by atoms with van der Waals surface area (Å²) >= 11 is 0. The van der Waals surface area contributed by atoms with Gasteiger partial charge in [-0.1, -0.05) is 56.8 Å². The molecule has 0 unspecified atom stereocenters. The molecule has 0 radical (unpaired) electrons. The second-order valence-corrected chi connectivity index (χ2v) is 8.03. The summed E-state index contributed by atoms with van der Waals surface area (Å²) in [5.74, 6) is 1.58. The third kappa shape index (κ3) is 7.46. The van der Waals surface area contributed by atoms with Gasteiger partial charge in [0.25, 0.3) is 0 Å². The molecule has 0 saturated heterocycles. The highest BCUT2D eigenvalue weighted by atomic mass is 19.4. The van der Waals surface area contributed by atoms with Gasteiger partial charge >= 0.3 is 6.18 Å². The third-order valence-electron chi connectivity index (χ3n) is 5.05. The Morgan fingerprint density at radius 2 is 2.00 bits per heavy atom. The Balaban J connectivity index is 0.000000735. The molecule has 2 aromatic rings. The minimum Gasteiger partial charge on any atom is -0.388 e. The summed E-state index contributed by atoms with van der Waals surface area (Å²) in [6, 6.07) is 4.40. The maximum absolute atomic E-state index is 13.5. The Morgan fingerprint density at radius 1 is 1.33 bits per heavy atom. The average Bonchev–Trinajstić information content (AvgIpc) is 3.37. The summed E-state index contributed by atoms with van der Waals surface area (Å²) in [7, 11) is 0. The molecule has 8 heteroatoms.